The first-order valence-electron chi connectivity index (χ1n) is 6.69. The summed E-state index contributed by atoms with van der Waals surface area (Å²) < 4.78 is 1.76. The van der Waals surface area contributed by atoms with Gasteiger partial charge in [-0.2, -0.15) is 15.1 Å². The average molecular weight is 302 g/mol. The molecule has 108 valence electrons. The smallest absolute Gasteiger partial charge is 0.226 e. The summed E-state index contributed by atoms with van der Waals surface area (Å²) in [5.41, 5.74) is 1.50. The quantitative estimate of drug-likeness (QED) is 0.734. The summed E-state index contributed by atoms with van der Waals surface area (Å²) in [6.07, 6.45) is 1.76. The number of para-hydroxylation sites is 1. The van der Waals surface area contributed by atoms with Gasteiger partial charge in [-0.05, 0) is 44.5 Å². The number of halogens is 1. The van der Waals surface area contributed by atoms with Crippen molar-refractivity contribution in [3.05, 3.63) is 41.8 Å². The minimum absolute atomic E-state index is 0.126. The third-order valence-corrected chi connectivity index (χ3v) is 3.06. The van der Waals surface area contributed by atoms with Crippen molar-refractivity contribution >= 4 is 28.5 Å². The lowest BCUT2D eigenvalue weighted by Crippen LogP contribution is -2.26. The van der Waals surface area contributed by atoms with Gasteiger partial charge >= 0.3 is 0 Å². The zero-order chi connectivity index (χ0) is 15.0. The lowest BCUT2D eigenvalue weighted by Gasteiger charge is -2.21. The van der Waals surface area contributed by atoms with E-state index in [9.17, 15) is 0 Å². The van der Waals surface area contributed by atoms with E-state index in [0.29, 0.717) is 11.5 Å². The molecule has 0 saturated carbocycles. The lowest BCUT2D eigenvalue weighted by molar-refractivity contribution is 0.631. The van der Waals surface area contributed by atoms with E-state index in [1.54, 1.807) is 10.9 Å². The van der Waals surface area contributed by atoms with Gasteiger partial charge in [-0.1, -0.05) is 18.2 Å². The van der Waals surface area contributed by atoms with E-state index in [2.05, 4.69) is 41.2 Å². The van der Waals surface area contributed by atoms with Crippen LogP contribution in [0.4, 0.5) is 5.82 Å². The van der Waals surface area contributed by atoms with Crippen molar-refractivity contribution in [3.63, 3.8) is 0 Å². The van der Waals surface area contributed by atoms with Crippen LogP contribution in [0.3, 0.4) is 0 Å². The Hall–Kier alpha value is -2.14. The van der Waals surface area contributed by atoms with Crippen LogP contribution in [0.1, 0.15) is 20.8 Å². The molecule has 0 saturated heterocycles. The summed E-state index contributed by atoms with van der Waals surface area (Å²) in [5.74, 6) is 0.694. The Morgan fingerprint density at radius 1 is 1.10 bits per heavy atom. The predicted octanol–water partition coefficient (Wildman–Crippen LogP) is 3.68. The maximum Gasteiger partial charge on any atom is 0.226 e. The molecule has 1 N–H and O–H groups in total. The van der Waals surface area contributed by atoms with Gasteiger partial charge in [-0.15, -0.1) is 0 Å². The third kappa shape index (κ3) is 2.83. The molecule has 3 aromatic rings. The summed E-state index contributed by atoms with van der Waals surface area (Å²) in [7, 11) is 0. The van der Waals surface area contributed by atoms with Crippen LogP contribution < -0.4 is 5.32 Å². The van der Waals surface area contributed by atoms with E-state index in [-0.39, 0.29) is 10.8 Å². The molecule has 0 amide bonds. The minimum atomic E-state index is -0.126. The monoisotopic (exact) mass is 301 g/mol. The maximum absolute atomic E-state index is 6.07. The predicted molar refractivity (Wildman–Crippen MR) is 85.0 cm³/mol. The van der Waals surface area contributed by atoms with Crippen molar-refractivity contribution in [1.29, 1.82) is 0 Å². The summed E-state index contributed by atoms with van der Waals surface area (Å²) in [6.45, 7) is 6.20. The Balaban J connectivity index is 2.19. The van der Waals surface area contributed by atoms with Crippen molar-refractivity contribution in [2.45, 2.75) is 26.3 Å². The Labute approximate surface area is 128 Å². The molecule has 1 aromatic carbocycles. The molecule has 0 atom stereocenters. The van der Waals surface area contributed by atoms with E-state index >= 15 is 0 Å². The molecule has 0 aliphatic carbocycles. The van der Waals surface area contributed by atoms with Gasteiger partial charge in [0.25, 0.3) is 0 Å². The molecule has 0 aliphatic heterocycles. The third-order valence-electron chi connectivity index (χ3n) is 2.90. The van der Waals surface area contributed by atoms with Crippen LogP contribution in [-0.2, 0) is 0 Å². The number of nitrogens with zero attached hydrogens (tertiary/aromatic N) is 4. The van der Waals surface area contributed by atoms with Crippen molar-refractivity contribution in [3.8, 4) is 5.69 Å². The number of hydrogen-bond donors (Lipinski definition) is 1. The lowest BCUT2D eigenvalue weighted by atomic mass is 10.1. The Kier molecular flexibility index (Phi) is 3.29. The van der Waals surface area contributed by atoms with Gasteiger partial charge in [-0.3, -0.25) is 0 Å². The van der Waals surface area contributed by atoms with Crippen molar-refractivity contribution in [1.82, 2.24) is 19.7 Å². The fraction of sp³-hybridized carbons (Fsp3) is 0.267. The molecule has 0 aliphatic rings. The second-order valence-electron chi connectivity index (χ2n) is 5.85. The Morgan fingerprint density at radius 2 is 1.81 bits per heavy atom. The molecule has 0 bridgehead atoms. The Morgan fingerprint density at radius 3 is 2.48 bits per heavy atom. The highest BCUT2D eigenvalue weighted by atomic mass is 35.5. The molecule has 0 spiro atoms. The van der Waals surface area contributed by atoms with Crippen molar-refractivity contribution in [2.24, 2.45) is 0 Å². The summed E-state index contributed by atoms with van der Waals surface area (Å²) >= 11 is 6.07. The first-order chi connectivity index (χ1) is 9.94. The maximum atomic E-state index is 6.07. The van der Waals surface area contributed by atoms with E-state index in [0.717, 1.165) is 11.1 Å². The standard InChI is InChI=1S/C15H16ClN5/c1-15(2,3)20-12-11-9-17-21(10-7-5-4-6-8-10)13(11)19-14(16)18-12/h4-9H,1-3H3,(H,18,19,20). The molecule has 6 heteroatoms. The first-order valence-corrected chi connectivity index (χ1v) is 7.07. The number of aromatic nitrogens is 4. The van der Waals surface area contributed by atoms with Gasteiger partial charge in [0, 0.05) is 5.54 Å². The highest BCUT2D eigenvalue weighted by Crippen LogP contribution is 2.26. The van der Waals surface area contributed by atoms with Crippen LogP contribution in [0.2, 0.25) is 5.28 Å². The van der Waals surface area contributed by atoms with Gasteiger partial charge < -0.3 is 5.32 Å². The highest BCUT2D eigenvalue weighted by molar-refractivity contribution is 6.28. The van der Waals surface area contributed by atoms with Crippen LogP contribution in [0.15, 0.2) is 36.5 Å². The fourth-order valence-electron chi connectivity index (χ4n) is 2.09. The van der Waals surface area contributed by atoms with Gasteiger partial charge in [0.2, 0.25) is 5.28 Å². The molecule has 0 radical (unpaired) electrons. The number of benzene rings is 1. The molecule has 21 heavy (non-hydrogen) atoms. The van der Waals surface area contributed by atoms with Crippen LogP contribution in [-0.4, -0.2) is 25.3 Å². The summed E-state index contributed by atoms with van der Waals surface area (Å²) in [6, 6.07) is 9.82. The Bertz CT molecular complexity index is 774. The van der Waals surface area contributed by atoms with E-state index < -0.39 is 0 Å². The second kappa shape index (κ2) is 5.00. The number of anilines is 1. The van der Waals surface area contributed by atoms with Crippen LogP contribution >= 0.6 is 11.6 Å². The SMILES string of the molecule is CC(C)(C)Nc1nc(Cl)nc2c1cnn2-c1ccccc1. The van der Waals surface area contributed by atoms with Crippen molar-refractivity contribution in [2.75, 3.05) is 5.32 Å². The highest BCUT2D eigenvalue weighted by Gasteiger charge is 2.17. The normalized spacial score (nSPS) is 11.8. The molecule has 2 aromatic heterocycles. The molecular formula is C15H16ClN5. The minimum Gasteiger partial charge on any atom is -0.365 e. The van der Waals surface area contributed by atoms with Gasteiger partial charge in [0.15, 0.2) is 5.65 Å². The first kappa shape index (κ1) is 13.8. The number of rotatable bonds is 2. The second-order valence-corrected chi connectivity index (χ2v) is 6.18. The average Bonchev–Trinajstić information content (AvgIpc) is 2.81. The van der Waals surface area contributed by atoms with E-state index in [1.165, 1.54) is 0 Å². The summed E-state index contributed by atoms with van der Waals surface area (Å²) in [4.78, 5) is 8.60. The largest absolute Gasteiger partial charge is 0.365 e. The van der Waals surface area contributed by atoms with Crippen LogP contribution in [0, 0.1) is 0 Å². The summed E-state index contributed by atoms with van der Waals surface area (Å²) in [5, 5.41) is 8.80. The number of hydrogen-bond acceptors (Lipinski definition) is 4. The van der Waals surface area contributed by atoms with E-state index in [4.69, 9.17) is 11.6 Å². The number of fused-ring (bicyclic) bond motifs is 1. The topological polar surface area (TPSA) is 55.6 Å². The van der Waals surface area contributed by atoms with Crippen LogP contribution in [0.5, 0.6) is 0 Å². The van der Waals surface area contributed by atoms with Gasteiger partial charge in [0.05, 0.1) is 17.3 Å². The molecular weight excluding hydrogens is 286 g/mol. The molecule has 0 fully saturated rings. The number of nitrogens with one attached hydrogen (secondary N) is 1. The zero-order valence-electron chi connectivity index (χ0n) is 12.1. The van der Waals surface area contributed by atoms with Gasteiger partial charge in [0.1, 0.15) is 5.82 Å². The molecule has 0 unspecified atom stereocenters. The van der Waals surface area contributed by atoms with Gasteiger partial charge in [-0.25, -0.2) is 4.68 Å². The molecule has 2 heterocycles. The van der Waals surface area contributed by atoms with E-state index in [1.807, 2.05) is 30.3 Å². The molecule has 5 nitrogen and oxygen atoms in total. The van der Waals surface area contributed by atoms with Crippen LogP contribution in [0.25, 0.3) is 16.7 Å². The van der Waals surface area contributed by atoms with Crippen molar-refractivity contribution < 1.29 is 0 Å². The zero-order valence-corrected chi connectivity index (χ0v) is 12.9. The molecule has 3 rings (SSSR count). The fourth-order valence-corrected chi connectivity index (χ4v) is 2.25.